The lowest BCUT2D eigenvalue weighted by molar-refractivity contribution is -0.126. The zero-order valence-electron chi connectivity index (χ0n) is 14.0. The van der Waals surface area contributed by atoms with Gasteiger partial charge in [-0.2, -0.15) is 0 Å². The number of hydrogen-bond donors (Lipinski definition) is 2. The van der Waals surface area contributed by atoms with Crippen molar-refractivity contribution in [2.45, 2.75) is 38.1 Å². The Morgan fingerprint density at radius 1 is 1.04 bits per heavy atom. The molecule has 3 heteroatoms. The molecule has 122 valence electrons. The molecule has 2 aromatic carbocycles. The molecule has 0 fully saturated rings. The molecular weight excluding hydrogens is 284 g/mol. The molecule has 0 aromatic heterocycles. The van der Waals surface area contributed by atoms with Crippen molar-refractivity contribution in [3.05, 3.63) is 71.8 Å². The molecule has 2 aromatic rings. The highest BCUT2D eigenvalue weighted by Crippen LogP contribution is 2.24. The third-order valence-electron chi connectivity index (χ3n) is 4.16. The van der Waals surface area contributed by atoms with Crippen LogP contribution in [0.1, 0.15) is 43.7 Å². The minimum Gasteiger partial charge on any atom is -0.354 e. The van der Waals surface area contributed by atoms with Gasteiger partial charge >= 0.3 is 0 Å². The fourth-order valence-electron chi connectivity index (χ4n) is 2.83. The van der Waals surface area contributed by atoms with Crippen LogP contribution in [0.25, 0.3) is 0 Å². The van der Waals surface area contributed by atoms with Crippen molar-refractivity contribution in [1.29, 1.82) is 0 Å². The first-order chi connectivity index (χ1) is 11.0. The van der Waals surface area contributed by atoms with Crippen LogP contribution >= 0.6 is 0 Å². The predicted molar refractivity (Wildman–Crippen MR) is 95.2 cm³/mol. The molecule has 0 saturated carbocycles. The summed E-state index contributed by atoms with van der Waals surface area (Å²) in [5, 5.41) is 3.04. The molecule has 23 heavy (non-hydrogen) atoms. The van der Waals surface area contributed by atoms with E-state index in [0.29, 0.717) is 13.0 Å². The molecule has 0 spiro atoms. The van der Waals surface area contributed by atoms with E-state index in [1.165, 1.54) is 11.1 Å². The number of hydrogen-bond acceptors (Lipinski definition) is 2. The average molecular weight is 310 g/mol. The van der Waals surface area contributed by atoms with Crippen LogP contribution in [0.15, 0.2) is 60.7 Å². The number of carbonyl (C=O) groups is 1. The number of rotatable bonds is 7. The molecule has 0 aliphatic heterocycles. The lowest BCUT2D eigenvalue weighted by Gasteiger charge is -2.25. The maximum atomic E-state index is 12.4. The first-order valence-electron chi connectivity index (χ1n) is 8.21. The molecule has 1 amide bonds. The lowest BCUT2D eigenvalue weighted by atomic mass is 9.90. The van der Waals surface area contributed by atoms with E-state index in [9.17, 15) is 4.79 Å². The van der Waals surface area contributed by atoms with Crippen LogP contribution in [-0.2, 0) is 4.79 Å². The minimum absolute atomic E-state index is 0.0868. The summed E-state index contributed by atoms with van der Waals surface area (Å²) in [5.41, 5.74) is 7.69. The zero-order chi connectivity index (χ0) is 16.7. The van der Waals surface area contributed by atoms with Gasteiger partial charge in [-0.1, -0.05) is 74.0 Å². The van der Waals surface area contributed by atoms with Gasteiger partial charge < -0.3 is 11.1 Å². The van der Waals surface area contributed by atoms with E-state index >= 15 is 0 Å². The van der Waals surface area contributed by atoms with Crippen molar-refractivity contribution in [2.24, 2.45) is 5.73 Å². The van der Waals surface area contributed by atoms with Gasteiger partial charge in [-0.3, -0.25) is 4.79 Å². The Balaban J connectivity index is 2.15. The molecule has 3 nitrogen and oxygen atoms in total. The second kappa shape index (κ2) is 7.93. The molecular formula is C20H26N2O. The Bertz CT molecular complexity index is 569. The Labute approximate surface area is 138 Å². The van der Waals surface area contributed by atoms with Gasteiger partial charge in [0.1, 0.15) is 0 Å². The van der Waals surface area contributed by atoms with Crippen LogP contribution < -0.4 is 11.1 Å². The van der Waals surface area contributed by atoms with Gasteiger partial charge in [0, 0.05) is 12.5 Å². The summed E-state index contributed by atoms with van der Waals surface area (Å²) in [6.07, 6.45) is 1.57. The van der Waals surface area contributed by atoms with Gasteiger partial charge in [-0.25, -0.2) is 0 Å². The van der Waals surface area contributed by atoms with E-state index in [2.05, 4.69) is 29.6 Å². The van der Waals surface area contributed by atoms with Gasteiger partial charge in [0.05, 0.1) is 5.54 Å². The quantitative estimate of drug-likeness (QED) is 0.823. The Morgan fingerprint density at radius 2 is 1.52 bits per heavy atom. The molecule has 1 unspecified atom stereocenters. The third kappa shape index (κ3) is 4.67. The highest BCUT2D eigenvalue weighted by Gasteiger charge is 2.27. The first-order valence-corrected chi connectivity index (χ1v) is 8.21. The van der Waals surface area contributed by atoms with Crippen LogP contribution in [-0.4, -0.2) is 18.0 Å². The van der Waals surface area contributed by atoms with Gasteiger partial charge in [0.15, 0.2) is 0 Å². The van der Waals surface area contributed by atoms with Gasteiger partial charge in [0.25, 0.3) is 0 Å². The van der Waals surface area contributed by atoms with Crippen LogP contribution in [0, 0.1) is 0 Å². The summed E-state index contributed by atoms with van der Waals surface area (Å²) in [7, 11) is 0. The monoisotopic (exact) mass is 310 g/mol. The number of benzene rings is 2. The maximum Gasteiger partial charge on any atom is 0.239 e. The lowest BCUT2D eigenvalue weighted by Crippen LogP contribution is -2.52. The second-order valence-corrected chi connectivity index (χ2v) is 6.25. The molecule has 0 radical (unpaired) electrons. The number of nitrogens with one attached hydrogen (secondary N) is 1. The Kier molecular flexibility index (Phi) is 5.94. The molecule has 0 saturated heterocycles. The van der Waals surface area contributed by atoms with Crippen LogP contribution in [0.5, 0.6) is 0 Å². The standard InChI is InChI=1S/C20H26N2O/c1-3-14-20(2,21)19(23)22-15-18(16-10-6-4-7-11-16)17-12-8-5-9-13-17/h4-13,18H,3,14-15,21H2,1-2H3,(H,22,23). The van der Waals surface area contributed by atoms with Gasteiger partial charge in [-0.15, -0.1) is 0 Å². The van der Waals surface area contributed by atoms with Gasteiger partial charge in [0.2, 0.25) is 5.91 Å². The summed E-state index contributed by atoms with van der Waals surface area (Å²) in [6, 6.07) is 20.5. The van der Waals surface area contributed by atoms with Crippen molar-refractivity contribution in [3.63, 3.8) is 0 Å². The zero-order valence-corrected chi connectivity index (χ0v) is 14.0. The number of nitrogens with two attached hydrogens (primary N) is 1. The molecule has 0 heterocycles. The molecule has 0 aliphatic carbocycles. The molecule has 1 atom stereocenters. The maximum absolute atomic E-state index is 12.4. The van der Waals surface area contributed by atoms with E-state index in [-0.39, 0.29) is 11.8 Å². The molecule has 3 N–H and O–H groups in total. The summed E-state index contributed by atoms with van der Waals surface area (Å²) in [6.45, 7) is 4.38. The van der Waals surface area contributed by atoms with Crippen molar-refractivity contribution < 1.29 is 4.79 Å². The van der Waals surface area contributed by atoms with Crippen molar-refractivity contribution in [3.8, 4) is 0 Å². The average Bonchev–Trinajstić information content (AvgIpc) is 2.57. The molecule has 2 rings (SSSR count). The highest BCUT2D eigenvalue weighted by atomic mass is 16.2. The smallest absolute Gasteiger partial charge is 0.239 e. The van der Waals surface area contributed by atoms with Crippen LogP contribution in [0.2, 0.25) is 0 Å². The van der Waals surface area contributed by atoms with Crippen LogP contribution in [0.3, 0.4) is 0 Å². The number of carbonyl (C=O) groups excluding carboxylic acids is 1. The third-order valence-corrected chi connectivity index (χ3v) is 4.16. The van der Waals surface area contributed by atoms with Gasteiger partial charge in [-0.05, 0) is 24.5 Å². The summed E-state index contributed by atoms with van der Waals surface area (Å²) >= 11 is 0. The predicted octanol–water partition coefficient (Wildman–Crippen LogP) is 3.45. The highest BCUT2D eigenvalue weighted by molar-refractivity contribution is 5.85. The van der Waals surface area contributed by atoms with Crippen molar-refractivity contribution in [1.82, 2.24) is 5.32 Å². The second-order valence-electron chi connectivity index (χ2n) is 6.25. The van der Waals surface area contributed by atoms with E-state index in [1.807, 2.05) is 43.3 Å². The summed E-state index contributed by atoms with van der Waals surface area (Å²) < 4.78 is 0. The topological polar surface area (TPSA) is 55.1 Å². The van der Waals surface area contributed by atoms with Crippen LogP contribution in [0.4, 0.5) is 0 Å². The van der Waals surface area contributed by atoms with Crippen molar-refractivity contribution in [2.75, 3.05) is 6.54 Å². The van der Waals surface area contributed by atoms with E-state index in [0.717, 1.165) is 6.42 Å². The van der Waals surface area contributed by atoms with E-state index < -0.39 is 5.54 Å². The molecule has 0 bridgehead atoms. The van der Waals surface area contributed by atoms with Crippen molar-refractivity contribution >= 4 is 5.91 Å². The Morgan fingerprint density at radius 3 is 1.96 bits per heavy atom. The number of amides is 1. The largest absolute Gasteiger partial charge is 0.354 e. The minimum atomic E-state index is -0.813. The fourth-order valence-corrected chi connectivity index (χ4v) is 2.83. The summed E-state index contributed by atoms with van der Waals surface area (Å²) in [5.74, 6) is 0.0370. The fraction of sp³-hybridized carbons (Fsp3) is 0.350. The summed E-state index contributed by atoms with van der Waals surface area (Å²) in [4.78, 5) is 12.4. The molecule has 0 aliphatic rings. The van der Waals surface area contributed by atoms with E-state index in [1.54, 1.807) is 6.92 Å². The normalized spacial score (nSPS) is 13.6. The first kappa shape index (κ1) is 17.2. The Hall–Kier alpha value is -2.13. The van der Waals surface area contributed by atoms with E-state index in [4.69, 9.17) is 5.73 Å². The SMILES string of the molecule is CCCC(C)(N)C(=O)NCC(c1ccccc1)c1ccccc1.